The number of aromatic carboxylic acids is 1. The highest BCUT2D eigenvalue weighted by molar-refractivity contribution is 5.87. The Labute approximate surface area is 107 Å². The zero-order chi connectivity index (χ0) is 13.1. The zero-order valence-corrected chi connectivity index (χ0v) is 10.6. The summed E-state index contributed by atoms with van der Waals surface area (Å²) in [6.07, 6.45) is 4.61. The Hall–Kier alpha value is -1.78. The third-order valence-corrected chi connectivity index (χ3v) is 3.45. The van der Waals surface area contributed by atoms with Gasteiger partial charge in [0.05, 0.1) is 5.69 Å². The number of carbonyl (C=O) groups is 1. The fourth-order valence-electron chi connectivity index (χ4n) is 2.40. The summed E-state index contributed by atoms with van der Waals surface area (Å²) in [5.74, 6) is -0.400. The first-order valence-electron chi connectivity index (χ1n) is 6.36. The number of hydrogen-bond donors (Lipinski definition) is 2. The summed E-state index contributed by atoms with van der Waals surface area (Å²) in [5, 5.41) is 9.00. The van der Waals surface area contributed by atoms with Gasteiger partial charge in [-0.25, -0.2) is 9.78 Å². The quantitative estimate of drug-likeness (QED) is 0.839. The van der Waals surface area contributed by atoms with Crippen LogP contribution in [-0.2, 0) is 0 Å². The van der Waals surface area contributed by atoms with Crippen molar-refractivity contribution in [2.45, 2.75) is 38.6 Å². The highest BCUT2D eigenvalue weighted by Gasteiger charge is 2.21. The first-order chi connectivity index (χ1) is 8.59. The number of pyridine rings is 1. The van der Waals surface area contributed by atoms with Crippen LogP contribution in [0.2, 0.25) is 0 Å². The average molecular weight is 249 g/mol. The van der Waals surface area contributed by atoms with Crippen molar-refractivity contribution in [1.82, 2.24) is 4.98 Å². The number of nitrogens with zero attached hydrogens (tertiary/aromatic N) is 2. The molecular weight excluding hydrogens is 230 g/mol. The minimum Gasteiger partial charge on any atom is -0.477 e. The summed E-state index contributed by atoms with van der Waals surface area (Å²) in [4.78, 5) is 17.3. The van der Waals surface area contributed by atoms with E-state index in [0.29, 0.717) is 17.5 Å². The number of anilines is 2. The van der Waals surface area contributed by atoms with Crippen molar-refractivity contribution in [3.8, 4) is 0 Å². The third kappa shape index (κ3) is 2.55. The van der Waals surface area contributed by atoms with Crippen molar-refractivity contribution >= 4 is 17.5 Å². The topological polar surface area (TPSA) is 79.5 Å². The van der Waals surface area contributed by atoms with Crippen molar-refractivity contribution in [2.75, 3.05) is 17.2 Å². The first kappa shape index (κ1) is 12.7. The molecule has 0 saturated carbocycles. The summed E-state index contributed by atoms with van der Waals surface area (Å²) in [5.41, 5.74) is 6.54. The van der Waals surface area contributed by atoms with Crippen LogP contribution < -0.4 is 10.6 Å². The Balaban J connectivity index is 2.35. The minimum absolute atomic E-state index is 0.0515. The van der Waals surface area contributed by atoms with Gasteiger partial charge in [0.15, 0.2) is 11.5 Å². The van der Waals surface area contributed by atoms with Crippen LogP contribution in [-0.4, -0.2) is 28.6 Å². The molecule has 1 aliphatic rings. The molecule has 18 heavy (non-hydrogen) atoms. The molecule has 1 aromatic rings. The normalized spacial score (nSPS) is 20.5. The average Bonchev–Trinajstić information content (AvgIpc) is 2.54. The Bertz CT molecular complexity index is 448. The molecule has 1 aliphatic heterocycles. The lowest BCUT2D eigenvalue weighted by Crippen LogP contribution is -2.34. The lowest BCUT2D eigenvalue weighted by Gasteiger charge is -2.29. The summed E-state index contributed by atoms with van der Waals surface area (Å²) in [6, 6.07) is 3.43. The van der Waals surface area contributed by atoms with Crippen LogP contribution in [0.25, 0.3) is 0 Å². The zero-order valence-electron chi connectivity index (χ0n) is 10.6. The summed E-state index contributed by atoms with van der Waals surface area (Å²) in [6.45, 7) is 3.03. The van der Waals surface area contributed by atoms with Crippen LogP contribution in [0.15, 0.2) is 12.1 Å². The molecule has 98 valence electrons. The van der Waals surface area contributed by atoms with Crippen molar-refractivity contribution in [3.05, 3.63) is 17.8 Å². The van der Waals surface area contributed by atoms with Gasteiger partial charge in [-0.2, -0.15) is 0 Å². The molecule has 0 aromatic carbocycles. The number of carboxylic acids is 1. The third-order valence-electron chi connectivity index (χ3n) is 3.45. The maximum Gasteiger partial charge on any atom is 0.354 e. The van der Waals surface area contributed by atoms with Gasteiger partial charge >= 0.3 is 5.97 Å². The molecule has 0 spiro atoms. The molecule has 2 rings (SSSR count). The van der Waals surface area contributed by atoms with Crippen LogP contribution in [0.3, 0.4) is 0 Å². The van der Waals surface area contributed by atoms with Crippen LogP contribution >= 0.6 is 0 Å². The van der Waals surface area contributed by atoms with Gasteiger partial charge in [0, 0.05) is 12.6 Å². The molecule has 0 aliphatic carbocycles. The molecular formula is C13H19N3O2. The fraction of sp³-hybridized carbons (Fsp3) is 0.538. The van der Waals surface area contributed by atoms with E-state index in [0.717, 1.165) is 19.4 Å². The van der Waals surface area contributed by atoms with E-state index in [1.165, 1.54) is 18.9 Å². The van der Waals surface area contributed by atoms with Crippen molar-refractivity contribution in [3.63, 3.8) is 0 Å². The molecule has 3 N–H and O–H groups in total. The number of nitrogens with two attached hydrogens (primary N) is 1. The van der Waals surface area contributed by atoms with Crippen LogP contribution in [0.1, 0.15) is 43.1 Å². The van der Waals surface area contributed by atoms with E-state index in [2.05, 4.69) is 16.8 Å². The van der Waals surface area contributed by atoms with Gasteiger partial charge in [-0.1, -0.05) is 12.8 Å². The first-order valence-corrected chi connectivity index (χ1v) is 6.36. The van der Waals surface area contributed by atoms with Gasteiger partial charge in [0.2, 0.25) is 0 Å². The lowest BCUT2D eigenvalue weighted by molar-refractivity contribution is 0.0690. The highest BCUT2D eigenvalue weighted by atomic mass is 16.4. The van der Waals surface area contributed by atoms with Gasteiger partial charge in [-0.3, -0.25) is 0 Å². The van der Waals surface area contributed by atoms with Crippen molar-refractivity contribution in [1.29, 1.82) is 0 Å². The van der Waals surface area contributed by atoms with E-state index in [9.17, 15) is 4.79 Å². The maximum absolute atomic E-state index is 11.0. The predicted molar refractivity (Wildman–Crippen MR) is 70.9 cm³/mol. The Kier molecular flexibility index (Phi) is 3.69. The molecule has 1 saturated heterocycles. The lowest BCUT2D eigenvalue weighted by atomic mass is 10.1. The minimum atomic E-state index is -1.02. The SMILES string of the molecule is CC1CCCCCN1c1nc(C(=O)O)ccc1N. The van der Waals surface area contributed by atoms with E-state index in [4.69, 9.17) is 10.8 Å². The summed E-state index contributed by atoms with van der Waals surface area (Å²) < 4.78 is 0. The largest absolute Gasteiger partial charge is 0.477 e. The number of hydrogen-bond acceptors (Lipinski definition) is 4. The Morgan fingerprint density at radius 1 is 1.44 bits per heavy atom. The van der Waals surface area contributed by atoms with Crippen LogP contribution in [0.4, 0.5) is 11.5 Å². The molecule has 2 heterocycles. The Morgan fingerprint density at radius 2 is 2.22 bits per heavy atom. The standard InChI is InChI=1S/C13H19N3O2/c1-9-5-3-2-4-8-16(9)12-10(14)6-7-11(15-12)13(17)18/h6-7,9H,2-5,8,14H2,1H3,(H,17,18). The highest BCUT2D eigenvalue weighted by Crippen LogP contribution is 2.27. The van der Waals surface area contributed by atoms with E-state index < -0.39 is 5.97 Å². The molecule has 5 nitrogen and oxygen atoms in total. The molecule has 1 aromatic heterocycles. The van der Waals surface area contributed by atoms with Gasteiger partial charge in [-0.15, -0.1) is 0 Å². The molecule has 1 unspecified atom stereocenters. The van der Waals surface area contributed by atoms with E-state index in [1.807, 2.05) is 0 Å². The number of aromatic nitrogens is 1. The van der Waals surface area contributed by atoms with Crippen LogP contribution in [0.5, 0.6) is 0 Å². The molecule has 1 fully saturated rings. The number of nitrogen functional groups attached to an aromatic ring is 1. The van der Waals surface area contributed by atoms with E-state index in [1.54, 1.807) is 6.07 Å². The van der Waals surface area contributed by atoms with E-state index in [-0.39, 0.29) is 5.69 Å². The number of rotatable bonds is 2. The van der Waals surface area contributed by atoms with Gasteiger partial charge in [0.25, 0.3) is 0 Å². The smallest absolute Gasteiger partial charge is 0.354 e. The van der Waals surface area contributed by atoms with Crippen molar-refractivity contribution < 1.29 is 9.90 Å². The summed E-state index contributed by atoms with van der Waals surface area (Å²) >= 11 is 0. The second-order valence-corrected chi connectivity index (χ2v) is 4.81. The van der Waals surface area contributed by atoms with Gasteiger partial charge in [-0.05, 0) is 31.9 Å². The molecule has 0 radical (unpaired) electrons. The molecule has 5 heteroatoms. The van der Waals surface area contributed by atoms with Gasteiger partial charge < -0.3 is 15.7 Å². The summed E-state index contributed by atoms with van der Waals surface area (Å²) in [7, 11) is 0. The van der Waals surface area contributed by atoms with E-state index >= 15 is 0 Å². The monoisotopic (exact) mass is 249 g/mol. The van der Waals surface area contributed by atoms with Crippen LogP contribution in [0, 0.1) is 0 Å². The van der Waals surface area contributed by atoms with Gasteiger partial charge in [0.1, 0.15) is 0 Å². The molecule has 0 bridgehead atoms. The number of carboxylic acid groups (broad SMARTS) is 1. The molecule has 1 atom stereocenters. The molecule has 0 amide bonds. The Morgan fingerprint density at radius 3 is 2.94 bits per heavy atom. The second-order valence-electron chi connectivity index (χ2n) is 4.81. The van der Waals surface area contributed by atoms with Crippen molar-refractivity contribution in [2.24, 2.45) is 0 Å². The maximum atomic E-state index is 11.0. The fourth-order valence-corrected chi connectivity index (χ4v) is 2.40. The predicted octanol–water partition coefficient (Wildman–Crippen LogP) is 2.13. The second kappa shape index (κ2) is 5.25.